The number of nitrogens with one attached hydrogen (secondary N) is 3. The van der Waals surface area contributed by atoms with Gasteiger partial charge in [-0.15, -0.1) is 0 Å². The van der Waals surface area contributed by atoms with Crippen molar-refractivity contribution < 1.29 is 0 Å². The summed E-state index contributed by atoms with van der Waals surface area (Å²) >= 11 is 0. The average Bonchev–Trinajstić information content (AvgIpc) is 3.48. The van der Waals surface area contributed by atoms with Gasteiger partial charge in [0.15, 0.2) is 5.82 Å². The van der Waals surface area contributed by atoms with Crippen LogP contribution >= 0.6 is 0 Å². The molecule has 3 N–H and O–H groups in total. The maximum absolute atomic E-state index is 4.64. The summed E-state index contributed by atoms with van der Waals surface area (Å²) in [6, 6.07) is 16.4. The van der Waals surface area contributed by atoms with E-state index in [9.17, 15) is 0 Å². The van der Waals surface area contributed by atoms with Gasteiger partial charge in [-0.1, -0.05) is 30.3 Å². The predicted octanol–water partition coefficient (Wildman–Crippen LogP) is 4.25. The SMILES string of the molecule is c1ccc(CNCc2cncc(-c3cc4c(-c5nc6cnccc6[nH]5)n[nH]c4cn3)c2)cc1. The Hall–Kier alpha value is -4.43. The van der Waals surface area contributed by atoms with E-state index in [-0.39, 0.29) is 0 Å². The number of pyridine rings is 3. The Morgan fingerprint density at radius 3 is 2.64 bits per heavy atom. The van der Waals surface area contributed by atoms with E-state index in [2.05, 4.69) is 58.6 Å². The first kappa shape index (κ1) is 19.3. The highest BCUT2D eigenvalue weighted by Gasteiger charge is 2.14. The van der Waals surface area contributed by atoms with Crippen LogP contribution in [-0.4, -0.2) is 35.1 Å². The van der Waals surface area contributed by atoms with Crippen LogP contribution in [0.1, 0.15) is 11.1 Å². The van der Waals surface area contributed by atoms with Crippen LogP contribution in [0, 0.1) is 0 Å². The molecule has 1 aromatic carbocycles. The Bertz CT molecular complexity index is 1520. The molecule has 0 bridgehead atoms. The van der Waals surface area contributed by atoms with Crippen LogP contribution in [0.5, 0.6) is 0 Å². The molecule has 0 saturated heterocycles. The minimum Gasteiger partial charge on any atom is -0.336 e. The molecule has 0 spiro atoms. The minimum absolute atomic E-state index is 0.693. The molecule has 0 radical (unpaired) electrons. The van der Waals surface area contributed by atoms with Crippen molar-refractivity contribution in [3.8, 4) is 22.8 Å². The van der Waals surface area contributed by atoms with Gasteiger partial charge in [-0.2, -0.15) is 5.10 Å². The number of imidazole rings is 1. The van der Waals surface area contributed by atoms with Crippen LogP contribution in [0.25, 0.3) is 44.7 Å². The molecule has 0 amide bonds. The monoisotopic (exact) mass is 432 g/mol. The molecule has 160 valence electrons. The quantitative estimate of drug-likeness (QED) is 0.363. The summed E-state index contributed by atoms with van der Waals surface area (Å²) in [5.74, 6) is 0.693. The molecule has 0 fully saturated rings. The van der Waals surface area contributed by atoms with Gasteiger partial charge < -0.3 is 10.3 Å². The van der Waals surface area contributed by atoms with E-state index >= 15 is 0 Å². The Morgan fingerprint density at radius 2 is 1.73 bits per heavy atom. The molecule has 8 heteroatoms. The zero-order chi connectivity index (χ0) is 22.0. The van der Waals surface area contributed by atoms with Gasteiger partial charge in [-0.3, -0.25) is 20.1 Å². The molecule has 0 aliphatic rings. The van der Waals surface area contributed by atoms with Gasteiger partial charge in [0.05, 0.1) is 29.1 Å². The molecule has 5 heterocycles. The van der Waals surface area contributed by atoms with Gasteiger partial charge in [0.2, 0.25) is 0 Å². The third-order valence-electron chi connectivity index (χ3n) is 5.55. The van der Waals surface area contributed by atoms with Crippen molar-refractivity contribution >= 4 is 21.9 Å². The van der Waals surface area contributed by atoms with Crippen LogP contribution in [0.15, 0.2) is 79.5 Å². The number of nitrogens with zero attached hydrogens (tertiary/aromatic N) is 5. The molecule has 6 rings (SSSR count). The molecular formula is C25H20N8. The predicted molar refractivity (Wildman–Crippen MR) is 127 cm³/mol. The summed E-state index contributed by atoms with van der Waals surface area (Å²) in [6.45, 7) is 1.53. The molecule has 6 aromatic rings. The van der Waals surface area contributed by atoms with Gasteiger partial charge in [0.1, 0.15) is 11.2 Å². The Morgan fingerprint density at radius 1 is 0.818 bits per heavy atom. The fraction of sp³-hybridized carbons (Fsp3) is 0.0800. The number of rotatable bonds is 6. The zero-order valence-corrected chi connectivity index (χ0v) is 17.7. The lowest BCUT2D eigenvalue weighted by molar-refractivity contribution is 0.691. The number of aromatic amines is 2. The topological polar surface area (TPSA) is 108 Å². The van der Waals surface area contributed by atoms with Gasteiger partial charge >= 0.3 is 0 Å². The summed E-state index contributed by atoms with van der Waals surface area (Å²) < 4.78 is 0. The summed E-state index contributed by atoms with van der Waals surface area (Å²) in [5, 5.41) is 11.9. The van der Waals surface area contributed by atoms with Crippen LogP contribution < -0.4 is 5.32 Å². The average molecular weight is 432 g/mol. The highest BCUT2D eigenvalue weighted by Crippen LogP contribution is 2.28. The van der Waals surface area contributed by atoms with Crippen LogP contribution in [-0.2, 0) is 13.1 Å². The largest absolute Gasteiger partial charge is 0.336 e. The number of H-pyrrole nitrogens is 2. The molecule has 0 aliphatic carbocycles. The molecule has 0 saturated carbocycles. The number of hydrogen-bond acceptors (Lipinski definition) is 6. The lowest BCUT2D eigenvalue weighted by Gasteiger charge is -2.07. The fourth-order valence-corrected chi connectivity index (χ4v) is 3.90. The van der Waals surface area contributed by atoms with Crippen molar-refractivity contribution in [3.63, 3.8) is 0 Å². The van der Waals surface area contributed by atoms with E-state index in [0.29, 0.717) is 5.82 Å². The minimum atomic E-state index is 0.693. The first-order chi connectivity index (χ1) is 16.3. The number of hydrogen-bond donors (Lipinski definition) is 3. The van der Waals surface area contributed by atoms with E-state index in [1.807, 2.05) is 42.7 Å². The van der Waals surface area contributed by atoms with Crippen molar-refractivity contribution in [2.75, 3.05) is 0 Å². The third-order valence-corrected chi connectivity index (χ3v) is 5.55. The van der Waals surface area contributed by atoms with Gasteiger partial charge in [0.25, 0.3) is 0 Å². The third kappa shape index (κ3) is 3.83. The lowest BCUT2D eigenvalue weighted by atomic mass is 10.1. The summed E-state index contributed by atoms with van der Waals surface area (Å²) in [6.07, 6.45) is 8.99. The zero-order valence-electron chi connectivity index (χ0n) is 17.7. The Kier molecular flexibility index (Phi) is 4.82. The molecule has 0 atom stereocenters. The van der Waals surface area contributed by atoms with Crippen molar-refractivity contribution in [2.24, 2.45) is 0 Å². The molecular weight excluding hydrogens is 412 g/mol. The van der Waals surface area contributed by atoms with Crippen molar-refractivity contribution in [1.82, 2.24) is 40.4 Å². The summed E-state index contributed by atoms with van der Waals surface area (Å²) in [4.78, 5) is 21.2. The Labute approximate surface area is 189 Å². The molecule has 8 nitrogen and oxygen atoms in total. The maximum atomic E-state index is 4.64. The second-order valence-electron chi connectivity index (χ2n) is 7.84. The van der Waals surface area contributed by atoms with Gasteiger partial charge in [-0.05, 0) is 29.3 Å². The molecule has 0 unspecified atom stereocenters. The van der Waals surface area contributed by atoms with Crippen LogP contribution in [0.2, 0.25) is 0 Å². The van der Waals surface area contributed by atoms with E-state index in [1.54, 1.807) is 18.6 Å². The molecule has 0 aliphatic heterocycles. The summed E-state index contributed by atoms with van der Waals surface area (Å²) in [5.41, 5.74) is 7.46. The van der Waals surface area contributed by atoms with Crippen molar-refractivity contribution in [3.05, 3.63) is 90.6 Å². The first-order valence-electron chi connectivity index (χ1n) is 10.7. The number of benzene rings is 1. The number of fused-ring (bicyclic) bond motifs is 2. The maximum Gasteiger partial charge on any atom is 0.159 e. The second-order valence-corrected chi connectivity index (χ2v) is 7.84. The standard InChI is InChI=1S/C25H20N8/c1-2-4-16(5-3-1)10-27-11-17-8-18(13-28-12-17)21-9-19-22(15-29-21)32-33-24(19)25-30-20-6-7-26-14-23(20)31-25/h1-9,12-15,27H,10-11H2,(H,30,31)(H,32,33). The highest BCUT2D eigenvalue weighted by atomic mass is 15.1. The lowest BCUT2D eigenvalue weighted by Crippen LogP contribution is -2.12. The molecule has 33 heavy (non-hydrogen) atoms. The molecule has 5 aromatic heterocycles. The van der Waals surface area contributed by atoms with E-state index in [4.69, 9.17) is 0 Å². The van der Waals surface area contributed by atoms with E-state index < -0.39 is 0 Å². The van der Waals surface area contributed by atoms with Crippen LogP contribution in [0.4, 0.5) is 0 Å². The highest BCUT2D eigenvalue weighted by molar-refractivity contribution is 5.94. The summed E-state index contributed by atoms with van der Waals surface area (Å²) in [7, 11) is 0. The smallest absolute Gasteiger partial charge is 0.159 e. The van der Waals surface area contributed by atoms with Gasteiger partial charge in [0, 0.05) is 42.6 Å². The first-order valence-corrected chi connectivity index (χ1v) is 10.7. The fourth-order valence-electron chi connectivity index (χ4n) is 3.90. The normalized spacial score (nSPS) is 11.4. The van der Waals surface area contributed by atoms with E-state index in [1.165, 1.54) is 5.56 Å². The van der Waals surface area contributed by atoms with Crippen LogP contribution in [0.3, 0.4) is 0 Å². The second kappa shape index (κ2) is 8.25. The van der Waals surface area contributed by atoms with Crippen molar-refractivity contribution in [2.45, 2.75) is 13.1 Å². The van der Waals surface area contributed by atoms with Crippen molar-refractivity contribution in [1.29, 1.82) is 0 Å². The number of aromatic nitrogens is 7. The van der Waals surface area contributed by atoms with E-state index in [0.717, 1.165) is 57.5 Å². The Balaban J connectivity index is 1.28. The van der Waals surface area contributed by atoms with Gasteiger partial charge in [-0.25, -0.2) is 4.98 Å².